The molecule has 0 N–H and O–H groups in total. The minimum absolute atomic E-state index is 0.552. The third-order valence-electron chi connectivity index (χ3n) is 2.58. The van der Waals surface area contributed by atoms with Crippen LogP contribution in [-0.2, 0) is 6.42 Å². The maximum absolute atomic E-state index is 3.61. The van der Waals surface area contributed by atoms with Gasteiger partial charge in [0, 0.05) is 14.7 Å². The first-order valence-electron chi connectivity index (χ1n) is 5.14. The van der Waals surface area contributed by atoms with Gasteiger partial charge >= 0.3 is 0 Å². The zero-order valence-electron chi connectivity index (χ0n) is 8.70. The molecule has 1 atom stereocenters. The fourth-order valence-electron chi connectivity index (χ4n) is 1.68. The van der Waals surface area contributed by atoms with E-state index in [0.29, 0.717) is 5.92 Å². The third-order valence-corrected chi connectivity index (χ3v) is 5.31. The van der Waals surface area contributed by atoms with Crippen molar-refractivity contribution in [1.29, 1.82) is 0 Å². The molecule has 1 unspecified atom stereocenters. The van der Waals surface area contributed by atoms with Crippen molar-refractivity contribution in [1.82, 2.24) is 0 Å². The highest BCUT2D eigenvalue weighted by atomic mass is 79.9. The van der Waals surface area contributed by atoms with E-state index in [1.165, 1.54) is 14.9 Å². The number of hydrogen-bond donors (Lipinski definition) is 0. The van der Waals surface area contributed by atoms with Crippen LogP contribution in [0.3, 0.4) is 0 Å². The van der Waals surface area contributed by atoms with E-state index in [1.807, 2.05) is 11.3 Å². The predicted molar refractivity (Wildman–Crippen MR) is 78.7 cm³/mol. The Bertz CT molecular complexity index is 436. The molecule has 2 rings (SSSR count). The highest BCUT2D eigenvalue weighted by Gasteiger charge is 2.13. The molecule has 0 radical (unpaired) electrons. The molecule has 84 valence electrons. The van der Waals surface area contributed by atoms with Crippen molar-refractivity contribution in [2.24, 2.45) is 0 Å². The van der Waals surface area contributed by atoms with E-state index in [0.717, 1.165) is 11.8 Å². The first-order valence-corrected chi connectivity index (χ1v) is 7.93. The summed E-state index contributed by atoms with van der Waals surface area (Å²) in [6.07, 6.45) is 1.09. The molecule has 0 spiro atoms. The lowest BCUT2D eigenvalue weighted by Gasteiger charge is -2.13. The predicted octanol–water partition coefficient (Wildman–Crippen LogP) is 5.23. The third kappa shape index (κ3) is 2.96. The summed E-state index contributed by atoms with van der Waals surface area (Å²) in [6.45, 7) is 0. The van der Waals surface area contributed by atoms with Gasteiger partial charge in [-0.1, -0.05) is 46.3 Å². The largest absolute Gasteiger partial charge is 0.148 e. The Morgan fingerprint density at radius 2 is 1.88 bits per heavy atom. The van der Waals surface area contributed by atoms with Crippen LogP contribution in [0.4, 0.5) is 0 Å². The Hall–Kier alpha value is -0.120. The molecule has 0 aliphatic carbocycles. The van der Waals surface area contributed by atoms with Gasteiger partial charge in [0.1, 0.15) is 0 Å². The molecule has 0 bridgehead atoms. The monoisotopic (exact) mass is 358 g/mol. The summed E-state index contributed by atoms with van der Waals surface area (Å²) in [6, 6.07) is 12.8. The van der Waals surface area contributed by atoms with Crippen molar-refractivity contribution < 1.29 is 0 Å². The van der Waals surface area contributed by atoms with Gasteiger partial charge in [0.25, 0.3) is 0 Å². The van der Waals surface area contributed by atoms with E-state index in [9.17, 15) is 0 Å². The molecule has 1 aromatic heterocycles. The summed E-state index contributed by atoms with van der Waals surface area (Å²) < 4.78 is 1.24. The molecule has 0 saturated carbocycles. The highest BCUT2D eigenvalue weighted by molar-refractivity contribution is 9.10. The Balaban J connectivity index is 2.16. The summed E-state index contributed by atoms with van der Waals surface area (Å²) in [5, 5.41) is 3.14. The van der Waals surface area contributed by atoms with Gasteiger partial charge in [0.2, 0.25) is 0 Å². The zero-order valence-corrected chi connectivity index (χ0v) is 12.7. The molecule has 16 heavy (non-hydrogen) atoms. The van der Waals surface area contributed by atoms with E-state index in [2.05, 4.69) is 73.6 Å². The van der Waals surface area contributed by atoms with Crippen molar-refractivity contribution in [3.8, 4) is 0 Å². The van der Waals surface area contributed by atoms with Crippen LogP contribution in [0.1, 0.15) is 16.4 Å². The summed E-state index contributed by atoms with van der Waals surface area (Å²) in [7, 11) is 0. The second-order valence-electron chi connectivity index (χ2n) is 3.66. The minimum atomic E-state index is 0.552. The lowest BCUT2D eigenvalue weighted by Crippen LogP contribution is -2.03. The van der Waals surface area contributed by atoms with E-state index >= 15 is 0 Å². The Morgan fingerprint density at radius 1 is 1.12 bits per heavy atom. The van der Waals surface area contributed by atoms with Gasteiger partial charge in [-0.2, -0.15) is 0 Å². The summed E-state index contributed by atoms with van der Waals surface area (Å²) in [5.74, 6) is 0.552. The van der Waals surface area contributed by atoms with E-state index in [4.69, 9.17) is 0 Å². The number of hydrogen-bond acceptors (Lipinski definition) is 1. The molecule has 2 aromatic rings. The van der Waals surface area contributed by atoms with Gasteiger partial charge in [0.05, 0.1) is 0 Å². The van der Waals surface area contributed by atoms with Crippen LogP contribution in [0.2, 0.25) is 0 Å². The first-order chi connectivity index (χ1) is 7.81. The van der Waals surface area contributed by atoms with Crippen molar-refractivity contribution in [2.75, 3.05) is 5.33 Å². The average molecular weight is 360 g/mol. The quantitative estimate of drug-likeness (QED) is 0.655. The van der Waals surface area contributed by atoms with Gasteiger partial charge in [0.15, 0.2) is 0 Å². The number of thiophene rings is 1. The van der Waals surface area contributed by atoms with Crippen molar-refractivity contribution in [3.05, 3.63) is 56.7 Å². The van der Waals surface area contributed by atoms with Gasteiger partial charge in [-0.05, 0) is 45.3 Å². The fourth-order valence-corrected chi connectivity index (χ4v) is 3.88. The van der Waals surface area contributed by atoms with Crippen LogP contribution in [-0.4, -0.2) is 5.33 Å². The van der Waals surface area contributed by atoms with E-state index in [1.54, 1.807) is 0 Å². The smallest absolute Gasteiger partial charge is 0.0314 e. The molecule has 0 fully saturated rings. The van der Waals surface area contributed by atoms with Crippen molar-refractivity contribution in [3.63, 3.8) is 0 Å². The maximum Gasteiger partial charge on any atom is 0.0314 e. The zero-order chi connectivity index (χ0) is 11.4. The lowest BCUT2D eigenvalue weighted by molar-refractivity contribution is 0.784. The van der Waals surface area contributed by atoms with Gasteiger partial charge in [-0.25, -0.2) is 0 Å². The molecule has 0 aliphatic rings. The molecule has 0 nitrogen and oxygen atoms in total. The molecule has 3 heteroatoms. The maximum atomic E-state index is 3.61. The standard InChI is InChI=1S/C13H12Br2S/c14-9-11(10-4-2-1-3-5-10)8-13-12(15)6-7-16-13/h1-7,11H,8-9H2. The average Bonchev–Trinajstić information content (AvgIpc) is 2.73. The van der Waals surface area contributed by atoms with Crippen LogP contribution < -0.4 is 0 Å². The fraction of sp³-hybridized carbons (Fsp3) is 0.231. The van der Waals surface area contributed by atoms with Crippen molar-refractivity contribution >= 4 is 43.2 Å². The molecule has 0 amide bonds. The molecule has 1 aromatic carbocycles. The van der Waals surface area contributed by atoms with Gasteiger partial charge in [-0.15, -0.1) is 11.3 Å². The summed E-state index contributed by atoms with van der Waals surface area (Å²) in [4.78, 5) is 1.42. The number of benzene rings is 1. The van der Waals surface area contributed by atoms with Crippen LogP contribution in [0, 0.1) is 0 Å². The topological polar surface area (TPSA) is 0 Å². The summed E-state index contributed by atoms with van der Waals surface area (Å²) in [5.41, 5.74) is 1.40. The van der Waals surface area contributed by atoms with Crippen LogP contribution in [0.15, 0.2) is 46.3 Å². The molecular formula is C13H12Br2S. The second-order valence-corrected chi connectivity index (χ2v) is 6.16. The van der Waals surface area contributed by atoms with Crippen LogP contribution in [0.5, 0.6) is 0 Å². The Morgan fingerprint density at radius 3 is 2.44 bits per heavy atom. The SMILES string of the molecule is BrCC(Cc1sccc1Br)c1ccccc1. The van der Waals surface area contributed by atoms with Crippen LogP contribution in [0.25, 0.3) is 0 Å². The molecular weight excluding hydrogens is 348 g/mol. The number of alkyl halides is 1. The lowest BCUT2D eigenvalue weighted by atomic mass is 9.97. The number of halogens is 2. The van der Waals surface area contributed by atoms with E-state index in [-0.39, 0.29) is 0 Å². The van der Waals surface area contributed by atoms with Gasteiger partial charge < -0.3 is 0 Å². The molecule has 0 aliphatic heterocycles. The van der Waals surface area contributed by atoms with E-state index < -0.39 is 0 Å². The highest BCUT2D eigenvalue weighted by Crippen LogP contribution is 2.30. The molecule has 1 heterocycles. The second kappa shape index (κ2) is 5.99. The number of rotatable bonds is 4. The Labute approximate surface area is 117 Å². The van der Waals surface area contributed by atoms with Crippen molar-refractivity contribution in [2.45, 2.75) is 12.3 Å². The molecule has 0 saturated heterocycles. The van der Waals surface area contributed by atoms with Crippen LogP contribution >= 0.6 is 43.2 Å². The normalized spacial score (nSPS) is 12.6. The van der Waals surface area contributed by atoms with Gasteiger partial charge in [-0.3, -0.25) is 0 Å². The minimum Gasteiger partial charge on any atom is -0.148 e. The Kier molecular flexibility index (Phi) is 4.62. The first kappa shape index (κ1) is 12.3. The summed E-state index contributed by atoms with van der Waals surface area (Å²) >= 11 is 9.02.